The number of hydrogen-bond donors (Lipinski definition) is 0. The standard InChI is InChI=1S/C20H20N2.C18H18N2.C4H10.C2H6/c1-5-17-12-15(3)19(16(4)13-17)22-11-10-21-20(22)18-9-7-6-8-14(18)2;1-13-11-14(2)17(15(3)12-13)20-10-9-19-18(20)16-7-5-4-6-8-16;1-4(2)3;1-2/h5-13H,1H2,2-4H3;4-12H,1-3H3;4H,1-3H3;1-2H3. The minimum Gasteiger partial charge on any atom is -0.299 e. The van der Waals surface area contributed by atoms with Crippen molar-refractivity contribution in [3.63, 3.8) is 0 Å². The summed E-state index contributed by atoms with van der Waals surface area (Å²) in [7, 11) is 0. The molecule has 6 aromatic rings. The lowest BCUT2D eigenvalue weighted by Gasteiger charge is -2.16. The number of benzene rings is 4. The lowest BCUT2D eigenvalue weighted by Crippen LogP contribution is -2.03. The second-order valence-corrected chi connectivity index (χ2v) is 12.6. The van der Waals surface area contributed by atoms with Crippen molar-refractivity contribution in [2.24, 2.45) is 5.92 Å². The molecular weight excluding hydrogens is 585 g/mol. The number of rotatable bonds is 5. The molecule has 4 heteroatoms. The molecule has 6 rings (SSSR count). The van der Waals surface area contributed by atoms with E-state index in [4.69, 9.17) is 0 Å². The monoisotopic (exact) mass is 638 g/mol. The fourth-order valence-electron chi connectivity index (χ4n) is 5.83. The maximum atomic E-state index is 4.59. The third kappa shape index (κ3) is 9.32. The van der Waals surface area contributed by atoms with E-state index in [2.05, 4.69) is 149 Å². The smallest absolute Gasteiger partial charge is 0.144 e. The molecule has 0 aliphatic carbocycles. The van der Waals surface area contributed by atoms with Crippen LogP contribution in [0, 0.1) is 47.5 Å². The summed E-state index contributed by atoms with van der Waals surface area (Å²) in [6.45, 7) is 27.2. The molecule has 0 spiro atoms. The first-order valence-electron chi connectivity index (χ1n) is 17.0. The van der Waals surface area contributed by atoms with Crippen molar-refractivity contribution in [3.05, 3.63) is 149 Å². The lowest BCUT2D eigenvalue weighted by molar-refractivity contribution is 0.737. The van der Waals surface area contributed by atoms with Gasteiger partial charge in [-0.3, -0.25) is 9.13 Å². The average Bonchev–Trinajstić information content (AvgIpc) is 3.73. The highest BCUT2D eigenvalue weighted by molar-refractivity contribution is 5.66. The van der Waals surface area contributed by atoms with Gasteiger partial charge in [0.25, 0.3) is 0 Å². The van der Waals surface area contributed by atoms with Gasteiger partial charge in [-0.2, -0.15) is 0 Å². The second kappa shape index (κ2) is 17.8. The zero-order chi connectivity index (χ0) is 35.4. The van der Waals surface area contributed by atoms with Crippen LogP contribution in [0.15, 0.2) is 110 Å². The number of imidazole rings is 2. The van der Waals surface area contributed by atoms with Crippen LogP contribution in [0.25, 0.3) is 40.2 Å². The van der Waals surface area contributed by atoms with Gasteiger partial charge >= 0.3 is 0 Å². The Labute approximate surface area is 289 Å². The van der Waals surface area contributed by atoms with Gasteiger partial charge in [0.2, 0.25) is 0 Å². The van der Waals surface area contributed by atoms with E-state index >= 15 is 0 Å². The maximum absolute atomic E-state index is 4.59. The summed E-state index contributed by atoms with van der Waals surface area (Å²) >= 11 is 0. The highest BCUT2D eigenvalue weighted by Crippen LogP contribution is 2.29. The zero-order valence-electron chi connectivity index (χ0n) is 31.0. The normalized spacial score (nSPS) is 10.2. The highest BCUT2D eigenvalue weighted by Gasteiger charge is 2.14. The third-order valence-electron chi connectivity index (χ3n) is 7.57. The Morgan fingerprint density at radius 2 is 1.02 bits per heavy atom. The van der Waals surface area contributed by atoms with Crippen LogP contribution >= 0.6 is 0 Å². The molecule has 0 aliphatic rings. The van der Waals surface area contributed by atoms with Crippen molar-refractivity contribution in [1.82, 2.24) is 19.1 Å². The Kier molecular flexibility index (Phi) is 13.9. The van der Waals surface area contributed by atoms with Crippen LogP contribution in [0.2, 0.25) is 0 Å². The van der Waals surface area contributed by atoms with Gasteiger partial charge < -0.3 is 0 Å². The molecule has 0 aliphatic heterocycles. The molecule has 4 aromatic carbocycles. The fraction of sp³-hybridized carbons (Fsp3) is 0.273. The van der Waals surface area contributed by atoms with Crippen molar-refractivity contribution in [1.29, 1.82) is 0 Å². The SMILES string of the molecule is C=Cc1cc(C)c(-n2ccnc2-c2ccccc2C)c(C)c1.CC.CC(C)C.Cc1cc(C)c(-n2ccnc2-c2ccccc2)c(C)c1. The van der Waals surface area contributed by atoms with Gasteiger partial charge in [-0.25, -0.2) is 9.97 Å². The van der Waals surface area contributed by atoms with Crippen LogP contribution in [0.1, 0.15) is 73.6 Å². The molecule has 0 bridgehead atoms. The zero-order valence-corrected chi connectivity index (χ0v) is 31.0. The Bertz CT molecular complexity index is 1860. The van der Waals surface area contributed by atoms with Gasteiger partial charge in [0.1, 0.15) is 11.6 Å². The molecule has 0 N–H and O–H groups in total. The maximum Gasteiger partial charge on any atom is 0.144 e. The molecule has 0 saturated heterocycles. The van der Waals surface area contributed by atoms with Crippen LogP contribution in [0.3, 0.4) is 0 Å². The molecule has 0 unspecified atom stereocenters. The van der Waals surface area contributed by atoms with Crippen molar-refractivity contribution in [2.75, 3.05) is 0 Å². The molecule has 0 saturated carbocycles. The molecule has 0 fully saturated rings. The Balaban J connectivity index is 0.000000225. The molecule has 0 amide bonds. The third-order valence-corrected chi connectivity index (χ3v) is 7.57. The number of nitrogens with zero attached hydrogens (tertiary/aromatic N) is 4. The summed E-state index contributed by atoms with van der Waals surface area (Å²) in [6.07, 6.45) is 9.68. The quantitative estimate of drug-likeness (QED) is 0.188. The number of hydrogen-bond acceptors (Lipinski definition) is 2. The first-order valence-corrected chi connectivity index (χ1v) is 17.0. The van der Waals surface area contributed by atoms with Gasteiger partial charge in [-0.05, 0) is 93.0 Å². The first-order chi connectivity index (χ1) is 23.0. The van der Waals surface area contributed by atoms with Crippen molar-refractivity contribution < 1.29 is 0 Å². The summed E-state index contributed by atoms with van der Waals surface area (Å²) in [5, 5.41) is 0. The van der Waals surface area contributed by atoms with Crippen LogP contribution in [-0.2, 0) is 0 Å². The Morgan fingerprint density at radius 3 is 1.52 bits per heavy atom. The average molecular weight is 639 g/mol. The Morgan fingerprint density at radius 1 is 0.583 bits per heavy atom. The van der Waals surface area contributed by atoms with Crippen molar-refractivity contribution in [3.8, 4) is 34.2 Å². The van der Waals surface area contributed by atoms with Crippen molar-refractivity contribution in [2.45, 2.75) is 76.2 Å². The van der Waals surface area contributed by atoms with Crippen LogP contribution in [0.4, 0.5) is 0 Å². The molecule has 2 heterocycles. The topological polar surface area (TPSA) is 35.6 Å². The number of aromatic nitrogens is 4. The fourth-order valence-corrected chi connectivity index (χ4v) is 5.83. The van der Waals surface area contributed by atoms with E-state index in [1.807, 2.05) is 62.9 Å². The summed E-state index contributed by atoms with van der Waals surface area (Å²) in [4.78, 5) is 9.12. The van der Waals surface area contributed by atoms with E-state index in [0.717, 1.165) is 28.7 Å². The molecule has 48 heavy (non-hydrogen) atoms. The molecular formula is C44H54N4. The summed E-state index contributed by atoms with van der Waals surface area (Å²) in [5.41, 5.74) is 13.4. The van der Waals surface area contributed by atoms with E-state index in [0.29, 0.717) is 0 Å². The summed E-state index contributed by atoms with van der Waals surface area (Å²) in [5.74, 6) is 2.80. The molecule has 0 radical (unpaired) electrons. The van der Waals surface area contributed by atoms with Crippen LogP contribution in [-0.4, -0.2) is 19.1 Å². The molecule has 2 aromatic heterocycles. The first kappa shape index (κ1) is 37.5. The van der Waals surface area contributed by atoms with E-state index in [1.54, 1.807) is 0 Å². The van der Waals surface area contributed by atoms with Gasteiger partial charge in [0.05, 0.1) is 11.4 Å². The predicted molar refractivity (Wildman–Crippen MR) is 208 cm³/mol. The van der Waals surface area contributed by atoms with E-state index in [-0.39, 0.29) is 0 Å². The van der Waals surface area contributed by atoms with E-state index in [1.165, 1.54) is 50.3 Å². The van der Waals surface area contributed by atoms with Crippen LogP contribution < -0.4 is 0 Å². The molecule has 0 atom stereocenters. The lowest BCUT2D eigenvalue weighted by atomic mass is 10.0. The number of aryl methyl sites for hydroxylation is 6. The molecule has 250 valence electrons. The van der Waals surface area contributed by atoms with Gasteiger partial charge in [0, 0.05) is 35.9 Å². The minimum atomic E-state index is 0.833. The molecule has 4 nitrogen and oxygen atoms in total. The van der Waals surface area contributed by atoms with Gasteiger partial charge in [0.15, 0.2) is 0 Å². The highest BCUT2D eigenvalue weighted by atomic mass is 15.1. The summed E-state index contributed by atoms with van der Waals surface area (Å²) < 4.78 is 4.36. The van der Waals surface area contributed by atoms with E-state index in [9.17, 15) is 0 Å². The second-order valence-electron chi connectivity index (χ2n) is 12.6. The predicted octanol–water partition coefficient (Wildman–Crippen LogP) is 12.3. The van der Waals surface area contributed by atoms with Crippen LogP contribution in [0.5, 0.6) is 0 Å². The van der Waals surface area contributed by atoms with E-state index < -0.39 is 0 Å². The van der Waals surface area contributed by atoms with Crippen molar-refractivity contribution >= 4 is 6.08 Å². The summed E-state index contributed by atoms with van der Waals surface area (Å²) in [6, 6.07) is 27.4. The van der Waals surface area contributed by atoms with Gasteiger partial charge in [-0.15, -0.1) is 0 Å². The van der Waals surface area contributed by atoms with Gasteiger partial charge in [-0.1, -0.05) is 120 Å². The minimum absolute atomic E-state index is 0.833. The largest absolute Gasteiger partial charge is 0.299 e. The Hall–Kier alpha value is -4.96.